The normalized spacial score (nSPS) is 11.6. The lowest BCUT2D eigenvalue weighted by Gasteiger charge is -2.21. The van der Waals surface area contributed by atoms with Crippen molar-refractivity contribution in [3.63, 3.8) is 0 Å². The molecule has 0 bridgehead atoms. The zero-order chi connectivity index (χ0) is 12.3. The van der Waals surface area contributed by atoms with E-state index in [0.717, 1.165) is 6.42 Å². The molecule has 0 aliphatic carbocycles. The number of benzene rings is 1. The smallest absolute Gasteiger partial charge is 0.0178 e. The fraction of sp³-hybridized carbons (Fsp3) is 0.467. The van der Waals surface area contributed by atoms with E-state index in [1.54, 1.807) is 0 Å². The molecule has 0 amide bonds. The van der Waals surface area contributed by atoms with Gasteiger partial charge in [0, 0.05) is 6.54 Å². The number of nitrogens with two attached hydrogens (primary N) is 1. The highest BCUT2D eigenvalue weighted by Gasteiger charge is 2.14. The number of rotatable bonds is 3. The summed E-state index contributed by atoms with van der Waals surface area (Å²) >= 11 is 0. The van der Waals surface area contributed by atoms with Crippen LogP contribution in [0.15, 0.2) is 24.8 Å². The van der Waals surface area contributed by atoms with Gasteiger partial charge in [0.15, 0.2) is 0 Å². The van der Waals surface area contributed by atoms with E-state index >= 15 is 0 Å². The Morgan fingerprint density at radius 1 is 1.31 bits per heavy atom. The zero-order valence-corrected chi connectivity index (χ0v) is 10.9. The van der Waals surface area contributed by atoms with Crippen LogP contribution in [-0.4, -0.2) is 0 Å². The lowest BCUT2D eigenvalue weighted by Crippen LogP contribution is -2.06. The Balaban J connectivity index is 2.93. The predicted octanol–water partition coefficient (Wildman–Crippen LogP) is 3.90. The fourth-order valence-electron chi connectivity index (χ4n) is 1.98. The first-order chi connectivity index (χ1) is 7.33. The number of allylic oxidation sites excluding steroid dienone is 1. The summed E-state index contributed by atoms with van der Waals surface area (Å²) in [4.78, 5) is 0. The summed E-state index contributed by atoms with van der Waals surface area (Å²) in [7, 11) is 0. The summed E-state index contributed by atoms with van der Waals surface area (Å²) < 4.78 is 0. The van der Waals surface area contributed by atoms with Crippen LogP contribution < -0.4 is 5.73 Å². The molecule has 88 valence electrons. The van der Waals surface area contributed by atoms with E-state index in [0.29, 0.717) is 6.54 Å². The molecule has 1 aromatic carbocycles. The van der Waals surface area contributed by atoms with Crippen LogP contribution in [0.4, 0.5) is 0 Å². The minimum absolute atomic E-state index is 0.288. The van der Waals surface area contributed by atoms with Gasteiger partial charge in [-0.2, -0.15) is 0 Å². The maximum Gasteiger partial charge on any atom is 0.0178 e. The first-order valence-electron chi connectivity index (χ1n) is 5.81. The Labute approximate surface area is 99.4 Å². The van der Waals surface area contributed by atoms with Crippen molar-refractivity contribution in [2.45, 2.75) is 40.7 Å². The van der Waals surface area contributed by atoms with E-state index in [2.05, 4.69) is 52.5 Å². The Morgan fingerprint density at radius 3 is 2.38 bits per heavy atom. The molecule has 0 saturated heterocycles. The molecular weight excluding hydrogens is 194 g/mol. The number of hydrogen-bond donors (Lipinski definition) is 1. The quantitative estimate of drug-likeness (QED) is 0.816. The highest BCUT2D eigenvalue weighted by Crippen LogP contribution is 2.30. The highest BCUT2D eigenvalue weighted by atomic mass is 14.5. The second-order valence-corrected chi connectivity index (χ2v) is 5.69. The largest absolute Gasteiger partial charge is 0.326 e. The van der Waals surface area contributed by atoms with Gasteiger partial charge in [-0.1, -0.05) is 45.5 Å². The first-order valence-corrected chi connectivity index (χ1v) is 5.81. The van der Waals surface area contributed by atoms with Crippen molar-refractivity contribution < 1.29 is 0 Å². The minimum Gasteiger partial charge on any atom is -0.326 e. The van der Waals surface area contributed by atoms with Crippen LogP contribution in [0, 0.1) is 12.3 Å². The van der Waals surface area contributed by atoms with Crippen molar-refractivity contribution >= 4 is 5.57 Å². The van der Waals surface area contributed by atoms with Gasteiger partial charge >= 0.3 is 0 Å². The van der Waals surface area contributed by atoms with Gasteiger partial charge in [-0.15, -0.1) is 0 Å². The summed E-state index contributed by atoms with van der Waals surface area (Å²) in [6.45, 7) is 13.6. The van der Waals surface area contributed by atoms with Crippen LogP contribution in [0.2, 0.25) is 0 Å². The molecule has 1 rings (SSSR count). The van der Waals surface area contributed by atoms with Crippen molar-refractivity contribution in [1.29, 1.82) is 0 Å². The Morgan fingerprint density at radius 2 is 1.94 bits per heavy atom. The fourth-order valence-corrected chi connectivity index (χ4v) is 1.98. The molecule has 0 aliphatic heterocycles. The van der Waals surface area contributed by atoms with Crippen molar-refractivity contribution in [2.75, 3.05) is 0 Å². The van der Waals surface area contributed by atoms with E-state index in [4.69, 9.17) is 5.73 Å². The van der Waals surface area contributed by atoms with Crippen LogP contribution in [0.25, 0.3) is 5.57 Å². The molecule has 1 heteroatoms. The second-order valence-electron chi connectivity index (χ2n) is 5.69. The zero-order valence-electron chi connectivity index (χ0n) is 10.9. The lowest BCUT2D eigenvalue weighted by molar-refractivity contribution is 0.427. The monoisotopic (exact) mass is 217 g/mol. The van der Waals surface area contributed by atoms with Crippen LogP contribution >= 0.6 is 0 Å². The molecule has 1 nitrogen and oxygen atoms in total. The van der Waals surface area contributed by atoms with E-state index < -0.39 is 0 Å². The SMILES string of the molecule is C=C(CC(C)(C)C)c1ccc(CN)cc1C. The third-order valence-electron chi connectivity index (χ3n) is 2.65. The van der Waals surface area contributed by atoms with E-state index in [9.17, 15) is 0 Å². The molecule has 0 spiro atoms. The highest BCUT2D eigenvalue weighted by molar-refractivity contribution is 5.66. The van der Waals surface area contributed by atoms with E-state index in [1.807, 2.05) is 0 Å². The van der Waals surface area contributed by atoms with Crippen LogP contribution in [-0.2, 0) is 6.54 Å². The van der Waals surface area contributed by atoms with Gasteiger partial charge < -0.3 is 5.73 Å². The molecule has 0 atom stereocenters. The van der Waals surface area contributed by atoms with Gasteiger partial charge in [-0.3, -0.25) is 0 Å². The standard InChI is InChI=1S/C15H23N/c1-11-8-13(10-16)6-7-14(11)12(2)9-15(3,4)5/h6-8H,2,9-10,16H2,1,3-5H3. The number of aryl methyl sites for hydroxylation is 1. The Kier molecular flexibility index (Phi) is 3.93. The maximum absolute atomic E-state index is 5.62. The molecule has 1 aromatic rings. The average Bonchev–Trinajstić information content (AvgIpc) is 2.14. The molecule has 0 radical (unpaired) electrons. The molecule has 16 heavy (non-hydrogen) atoms. The van der Waals surface area contributed by atoms with Crippen LogP contribution in [0.3, 0.4) is 0 Å². The van der Waals surface area contributed by atoms with Gasteiger partial charge in [0.05, 0.1) is 0 Å². The molecule has 2 N–H and O–H groups in total. The number of hydrogen-bond acceptors (Lipinski definition) is 1. The van der Waals surface area contributed by atoms with Crippen LogP contribution in [0.1, 0.15) is 43.9 Å². The van der Waals surface area contributed by atoms with Gasteiger partial charge in [0.2, 0.25) is 0 Å². The van der Waals surface area contributed by atoms with E-state index in [-0.39, 0.29) is 5.41 Å². The van der Waals surface area contributed by atoms with Crippen molar-refractivity contribution in [3.05, 3.63) is 41.5 Å². The Hall–Kier alpha value is -1.08. The summed E-state index contributed by atoms with van der Waals surface area (Å²) in [6.07, 6.45) is 1.02. The molecule has 0 aliphatic rings. The van der Waals surface area contributed by atoms with Crippen molar-refractivity contribution in [3.8, 4) is 0 Å². The van der Waals surface area contributed by atoms with Crippen molar-refractivity contribution in [1.82, 2.24) is 0 Å². The molecule has 0 saturated carbocycles. The summed E-state index contributed by atoms with van der Waals surface area (Å²) in [5.74, 6) is 0. The molecule has 0 fully saturated rings. The maximum atomic E-state index is 5.62. The molecule has 0 heterocycles. The molecular formula is C15H23N. The van der Waals surface area contributed by atoms with Gasteiger partial charge in [0.1, 0.15) is 0 Å². The van der Waals surface area contributed by atoms with Gasteiger partial charge in [0.25, 0.3) is 0 Å². The minimum atomic E-state index is 0.288. The second kappa shape index (κ2) is 4.84. The summed E-state index contributed by atoms with van der Waals surface area (Å²) in [5, 5.41) is 0. The van der Waals surface area contributed by atoms with Crippen molar-refractivity contribution in [2.24, 2.45) is 11.1 Å². The summed E-state index contributed by atoms with van der Waals surface area (Å²) in [6, 6.07) is 6.39. The van der Waals surface area contributed by atoms with E-state index in [1.165, 1.54) is 22.3 Å². The molecule has 0 unspecified atom stereocenters. The van der Waals surface area contributed by atoms with Gasteiger partial charge in [-0.05, 0) is 41.0 Å². The molecule has 0 aromatic heterocycles. The Bertz CT molecular complexity index is 383. The van der Waals surface area contributed by atoms with Crippen LogP contribution in [0.5, 0.6) is 0 Å². The third-order valence-corrected chi connectivity index (χ3v) is 2.65. The topological polar surface area (TPSA) is 26.0 Å². The lowest BCUT2D eigenvalue weighted by atomic mass is 9.84. The first kappa shape index (κ1) is 13.0. The third kappa shape index (κ3) is 3.49. The average molecular weight is 217 g/mol. The summed E-state index contributed by atoms with van der Waals surface area (Å²) in [5.41, 5.74) is 10.9. The van der Waals surface area contributed by atoms with Gasteiger partial charge in [-0.25, -0.2) is 0 Å². The predicted molar refractivity (Wildman–Crippen MR) is 72.2 cm³/mol.